The number of aliphatic hydroxyl groups is 1. The Morgan fingerprint density at radius 3 is 2.80 bits per heavy atom. The quantitative estimate of drug-likeness (QED) is 0.837. The van der Waals surface area contributed by atoms with E-state index in [0.29, 0.717) is 28.9 Å². The lowest BCUT2D eigenvalue weighted by molar-refractivity contribution is 0.0738. The van der Waals surface area contributed by atoms with Crippen molar-refractivity contribution in [2.24, 2.45) is 0 Å². The average Bonchev–Trinajstić information content (AvgIpc) is 2.60. The largest absolute Gasteiger partial charge is 0.485 e. The van der Waals surface area contributed by atoms with Crippen molar-refractivity contribution in [3.8, 4) is 5.75 Å². The molecule has 0 bridgehead atoms. The van der Waals surface area contributed by atoms with Crippen molar-refractivity contribution in [3.05, 3.63) is 28.2 Å². The SMILES string of the molecule is O[C@@H]1CNC[C@H]1Oc1cccc(Cl)c1Cl. The molecular weight excluding hydrogens is 237 g/mol. The van der Waals surface area contributed by atoms with Gasteiger partial charge in [-0.2, -0.15) is 0 Å². The normalized spacial score (nSPS) is 25.5. The van der Waals surface area contributed by atoms with Crippen LogP contribution in [0.3, 0.4) is 0 Å². The standard InChI is InChI=1S/C10H11Cl2NO2/c11-6-2-1-3-8(10(6)12)15-9-5-13-4-7(9)14/h1-3,7,9,13-14H,4-5H2/t7-,9-/m1/s1. The zero-order valence-electron chi connectivity index (χ0n) is 7.91. The van der Waals surface area contributed by atoms with Gasteiger partial charge in [0.2, 0.25) is 0 Å². The van der Waals surface area contributed by atoms with Crippen LogP contribution in [-0.2, 0) is 0 Å². The van der Waals surface area contributed by atoms with Gasteiger partial charge in [-0.25, -0.2) is 0 Å². The van der Waals surface area contributed by atoms with Crippen LogP contribution in [0.2, 0.25) is 10.0 Å². The van der Waals surface area contributed by atoms with E-state index in [4.69, 9.17) is 27.9 Å². The third kappa shape index (κ3) is 2.37. The molecule has 1 aromatic carbocycles. The number of ether oxygens (including phenoxy) is 1. The highest BCUT2D eigenvalue weighted by Gasteiger charge is 2.27. The Balaban J connectivity index is 2.13. The summed E-state index contributed by atoms with van der Waals surface area (Å²) in [7, 11) is 0. The van der Waals surface area contributed by atoms with Gasteiger partial charge in [-0.3, -0.25) is 0 Å². The first-order valence-corrected chi connectivity index (χ1v) is 5.43. The molecule has 82 valence electrons. The van der Waals surface area contributed by atoms with Gasteiger partial charge >= 0.3 is 0 Å². The van der Waals surface area contributed by atoms with Crippen LogP contribution in [-0.4, -0.2) is 30.4 Å². The maximum Gasteiger partial charge on any atom is 0.140 e. The Morgan fingerprint density at radius 1 is 1.33 bits per heavy atom. The number of aliphatic hydroxyl groups excluding tert-OH is 1. The predicted molar refractivity (Wildman–Crippen MR) is 59.8 cm³/mol. The van der Waals surface area contributed by atoms with E-state index in [0.717, 1.165) is 0 Å². The Labute approximate surface area is 97.9 Å². The fourth-order valence-corrected chi connectivity index (χ4v) is 1.84. The van der Waals surface area contributed by atoms with E-state index in [2.05, 4.69) is 5.32 Å². The second-order valence-corrected chi connectivity index (χ2v) is 4.22. The number of halogens is 2. The molecule has 0 spiro atoms. The molecule has 1 aliphatic heterocycles. The van der Waals surface area contributed by atoms with E-state index in [9.17, 15) is 5.11 Å². The van der Waals surface area contributed by atoms with Crippen molar-refractivity contribution in [1.82, 2.24) is 5.32 Å². The van der Waals surface area contributed by atoms with Crippen molar-refractivity contribution >= 4 is 23.2 Å². The molecule has 1 aromatic rings. The predicted octanol–water partition coefficient (Wildman–Crippen LogP) is 1.70. The van der Waals surface area contributed by atoms with Crippen LogP contribution in [0.1, 0.15) is 0 Å². The van der Waals surface area contributed by atoms with E-state index in [-0.39, 0.29) is 6.10 Å². The van der Waals surface area contributed by atoms with Crippen molar-refractivity contribution < 1.29 is 9.84 Å². The molecule has 1 fully saturated rings. The summed E-state index contributed by atoms with van der Waals surface area (Å²) in [5, 5.41) is 13.4. The van der Waals surface area contributed by atoms with Gasteiger partial charge in [0.05, 0.1) is 5.02 Å². The van der Waals surface area contributed by atoms with Crippen molar-refractivity contribution in [2.45, 2.75) is 12.2 Å². The second kappa shape index (κ2) is 4.58. The molecule has 0 amide bonds. The lowest BCUT2D eigenvalue weighted by Crippen LogP contribution is -2.29. The topological polar surface area (TPSA) is 41.5 Å². The first-order valence-electron chi connectivity index (χ1n) is 4.68. The zero-order chi connectivity index (χ0) is 10.8. The average molecular weight is 248 g/mol. The molecule has 0 unspecified atom stereocenters. The van der Waals surface area contributed by atoms with Gasteiger partial charge in [-0.1, -0.05) is 29.3 Å². The lowest BCUT2D eigenvalue weighted by Gasteiger charge is -2.17. The maximum atomic E-state index is 9.55. The van der Waals surface area contributed by atoms with Crippen LogP contribution in [0, 0.1) is 0 Å². The highest BCUT2D eigenvalue weighted by Crippen LogP contribution is 2.32. The number of hydrogen-bond donors (Lipinski definition) is 2. The maximum absolute atomic E-state index is 9.55. The van der Waals surface area contributed by atoms with Crippen LogP contribution in [0.15, 0.2) is 18.2 Å². The first-order chi connectivity index (χ1) is 7.18. The van der Waals surface area contributed by atoms with E-state index in [1.165, 1.54) is 0 Å². The van der Waals surface area contributed by atoms with Crippen molar-refractivity contribution in [1.29, 1.82) is 0 Å². The van der Waals surface area contributed by atoms with Gasteiger partial charge in [0.1, 0.15) is 23.0 Å². The van der Waals surface area contributed by atoms with Crippen LogP contribution in [0.5, 0.6) is 5.75 Å². The van der Waals surface area contributed by atoms with Gasteiger partial charge in [0, 0.05) is 13.1 Å². The fourth-order valence-electron chi connectivity index (χ4n) is 1.50. The van der Waals surface area contributed by atoms with Gasteiger partial charge < -0.3 is 15.2 Å². The van der Waals surface area contributed by atoms with Crippen molar-refractivity contribution in [3.63, 3.8) is 0 Å². The molecule has 1 saturated heterocycles. The smallest absolute Gasteiger partial charge is 0.140 e. The molecule has 0 aromatic heterocycles. The highest BCUT2D eigenvalue weighted by molar-refractivity contribution is 6.42. The van der Waals surface area contributed by atoms with E-state index in [1.807, 2.05) is 0 Å². The van der Waals surface area contributed by atoms with Crippen LogP contribution >= 0.6 is 23.2 Å². The number of β-amino-alcohol motifs (C(OH)–C–C–N with tert-alkyl or cyclic N) is 1. The van der Waals surface area contributed by atoms with E-state index in [1.54, 1.807) is 18.2 Å². The summed E-state index contributed by atoms with van der Waals surface area (Å²) in [5.74, 6) is 0.511. The molecule has 15 heavy (non-hydrogen) atoms. The van der Waals surface area contributed by atoms with Gasteiger partial charge in [-0.15, -0.1) is 0 Å². The number of benzene rings is 1. The van der Waals surface area contributed by atoms with Crippen LogP contribution in [0.25, 0.3) is 0 Å². The second-order valence-electron chi connectivity index (χ2n) is 3.43. The Kier molecular flexibility index (Phi) is 3.36. The summed E-state index contributed by atoms with van der Waals surface area (Å²) >= 11 is 11.8. The minimum atomic E-state index is -0.500. The zero-order valence-corrected chi connectivity index (χ0v) is 9.42. The molecule has 1 aliphatic rings. The molecule has 1 heterocycles. The molecule has 0 radical (unpaired) electrons. The number of hydrogen-bond acceptors (Lipinski definition) is 3. The fraction of sp³-hybridized carbons (Fsp3) is 0.400. The lowest BCUT2D eigenvalue weighted by atomic mass is 10.2. The van der Waals surface area contributed by atoms with Crippen molar-refractivity contribution in [2.75, 3.05) is 13.1 Å². The molecule has 0 saturated carbocycles. The monoisotopic (exact) mass is 247 g/mol. The van der Waals surface area contributed by atoms with Crippen LogP contribution in [0.4, 0.5) is 0 Å². The summed E-state index contributed by atoms with van der Waals surface area (Å²) in [6.45, 7) is 1.16. The Hall–Kier alpha value is -0.480. The third-order valence-electron chi connectivity index (χ3n) is 2.32. The molecule has 2 rings (SSSR count). The minimum absolute atomic E-state index is 0.263. The Bertz CT molecular complexity index is 359. The van der Waals surface area contributed by atoms with Gasteiger partial charge in [0.15, 0.2) is 0 Å². The Morgan fingerprint density at radius 2 is 2.13 bits per heavy atom. The third-order valence-corrected chi connectivity index (χ3v) is 3.12. The van der Waals surface area contributed by atoms with Crippen LogP contribution < -0.4 is 10.1 Å². The first kappa shape index (κ1) is 11.0. The molecule has 3 nitrogen and oxygen atoms in total. The highest BCUT2D eigenvalue weighted by atomic mass is 35.5. The van der Waals surface area contributed by atoms with Gasteiger partial charge in [-0.05, 0) is 12.1 Å². The molecular formula is C10H11Cl2NO2. The molecule has 2 N–H and O–H groups in total. The van der Waals surface area contributed by atoms with E-state index < -0.39 is 6.10 Å². The summed E-state index contributed by atoms with van der Waals surface area (Å²) < 4.78 is 5.57. The number of rotatable bonds is 2. The summed E-state index contributed by atoms with van der Waals surface area (Å²) in [4.78, 5) is 0. The number of nitrogens with one attached hydrogen (secondary N) is 1. The van der Waals surface area contributed by atoms with E-state index >= 15 is 0 Å². The minimum Gasteiger partial charge on any atom is -0.485 e. The summed E-state index contributed by atoms with van der Waals surface area (Å²) in [5.41, 5.74) is 0. The molecule has 2 atom stereocenters. The summed E-state index contributed by atoms with van der Waals surface area (Å²) in [6, 6.07) is 5.19. The molecule has 0 aliphatic carbocycles. The summed E-state index contributed by atoms with van der Waals surface area (Å²) in [6.07, 6.45) is -0.763. The molecule has 5 heteroatoms. The van der Waals surface area contributed by atoms with Gasteiger partial charge in [0.25, 0.3) is 0 Å².